The quantitative estimate of drug-likeness (QED) is 0.860. The lowest BCUT2D eigenvalue weighted by Crippen LogP contribution is -2.32. The molecule has 0 radical (unpaired) electrons. The molecular weight excluding hydrogens is 248 g/mol. The van der Waals surface area contributed by atoms with Crippen LogP contribution in [0.25, 0.3) is 5.82 Å². The van der Waals surface area contributed by atoms with Crippen LogP contribution in [0.4, 0.5) is 0 Å². The summed E-state index contributed by atoms with van der Waals surface area (Å²) in [5, 5.41) is 8.63. The first-order valence-corrected chi connectivity index (χ1v) is 5.49. The highest BCUT2D eigenvalue weighted by Gasteiger charge is 2.14. The lowest BCUT2D eigenvalue weighted by molar-refractivity contribution is -0.137. The predicted molar refractivity (Wildman–Crippen MR) is 66.0 cm³/mol. The molecule has 0 fully saturated rings. The second-order valence-corrected chi connectivity index (χ2v) is 3.93. The van der Waals surface area contributed by atoms with E-state index in [1.54, 1.807) is 35.4 Å². The number of aliphatic carboxylic acids is 1. The van der Waals surface area contributed by atoms with Crippen LogP contribution in [0, 0.1) is 0 Å². The van der Waals surface area contributed by atoms with E-state index in [0.717, 1.165) is 4.90 Å². The van der Waals surface area contributed by atoms with Gasteiger partial charge in [-0.2, -0.15) is 0 Å². The third-order valence-corrected chi connectivity index (χ3v) is 2.48. The maximum absolute atomic E-state index is 11.9. The third-order valence-electron chi connectivity index (χ3n) is 2.48. The number of nitrogens with zero attached hydrogens (tertiary/aromatic N) is 4. The van der Waals surface area contributed by atoms with Crippen LogP contribution in [0.15, 0.2) is 37.1 Å². The average molecular weight is 260 g/mol. The molecule has 0 aromatic carbocycles. The van der Waals surface area contributed by atoms with Gasteiger partial charge in [-0.25, -0.2) is 9.97 Å². The molecule has 7 nitrogen and oxygen atoms in total. The van der Waals surface area contributed by atoms with Gasteiger partial charge >= 0.3 is 5.97 Å². The molecule has 1 N–H and O–H groups in total. The molecule has 0 atom stereocenters. The second kappa shape index (κ2) is 5.30. The van der Waals surface area contributed by atoms with E-state index in [1.165, 1.54) is 13.2 Å². The van der Waals surface area contributed by atoms with Gasteiger partial charge in [0.25, 0.3) is 5.91 Å². The number of carbonyl (C=O) groups is 2. The van der Waals surface area contributed by atoms with Crippen LogP contribution < -0.4 is 0 Å². The summed E-state index contributed by atoms with van der Waals surface area (Å²) in [6, 6.07) is 3.27. The van der Waals surface area contributed by atoms with E-state index < -0.39 is 5.97 Å². The van der Waals surface area contributed by atoms with E-state index >= 15 is 0 Å². The molecule has 1 amide bonds. The van der Waals surface area contributed by atoms with Crippen molar-refractivity contribution in [2.45, 2.75) is 0 Å². The molecule has 7 heteroatoms. The molecule has 0 bridgehead atoms. The van der Waals surface area contributed by atoms with Gasteiger partial charge in [0.15, 0.2) is 0 Å². The van der Waals surface area contributed by atoms with Crippen molar-refractivity contribution in [3.8, 4) is 5.82 Å². The molecule has 19 heavy (non-hydrogen) atoms. The zero-order chi connectivity index (χ0) is 13.8. The number of hydrogen-bond donors (Lipinski definition) is 1. The highest BCUT2D eigenvalue weighted by atomic mass is 16.4. The van der Waals surface area contributed by atoms with Crippen LogP contribution in [0.1, 0.15) is 10.4 Å². The minimum Gasteiger partial charge on any atom is -0.480 e. The third kappa shape index (κ3) is 2.95. The number of carboxylic acid groups (broad SMARTS) is 1. The lowest BCUT2D eigenvalue weighted by Gasteiger charge is -2.14. The summed E-state index contributed by atoms with van der Waals surface area (Å²) in [7, 11) is 1.43. The first-order valence-electron chi connectivity index (χ1n) is 5.49. The number of carbonyl (C=O) groups excluding carboxylic acids is 1. The van der Waals surface area contributed by atoms with E-state index in [-0.39, 0.29) is 12.5 Å². The topological polar surface area (TPSA) is 88.3 Å². The molecule has 0 spiro atoms. The van der Waals surface area contributed by atoms with Gasteiger partial charge in [-0.05, 0) is 12.1 Å². The van der Waals surface area contributed by atoms with Crippen LogP contribution in [0.2, 0.25) is 0 Å². The van der Waals surface area contributed by atoms with Gasteiger partial charge in [0.1, 0.15) is 18.7 Å². The maximum Gasteiger partial charge on any atom is 0.323 e. The Labute approximate surface area is 109 Å². The van der Waals surface area contributed by atoms with Gasteiger partial charge < -0.3 is 10.0 Å². The largest absolute Gasteiger partial charge is 0.480 e. The number of imidazole rings is 1. The van der Waals surface area contributed by atoms with E-state index in [2.05, 4.69) is 9.97 Å². The normalized spacial score (nSPS) is 10.2. The standard InChI is InChI=1S/C12H12N4O3/c1-15(7-11(17)18)12(19)9-2-3-10(14-6-9)16-5-4-13-8-16/h2-6,8H,7H2,1H3,(H,17,18). The minimum atomic E-state index is -1.06. The minimum absolute atomic E-state index is 0.340. The van der Waals surface area contributed by atoms with Gasteiger partial charge in [0, 0.05) is 25.6 Å². The van der Waals surface area contributed by atoms with Gasteiger partial charge in [0.2, 0.25) is 0 Å². The molecule has 0 aliphatic rings. The first-order chi connectivity index (χ1) is 9.08. The number of aromatic nitrogens is 3. The Morgan fingerprint density at radius 3 is 2.74 bits per heavy atom. The van der Waals surface area contributed by atoms with Crippen LogP contribution in [0.5, 0.6) is 0 Å². The van der Waals surface area contributed by atoms with Gasteiger partial charge in [0.05, 0.1) is 5.56 Å². The summed E-state index contributed by atoms with van der Waals surface area (Å²) >= 11 is 0. The van der Waals surface area contributed by atoms with Gasteiger partial charge in [-0.1, -0.05) is 0 Å². The molecule has 2 heterocycles. The number of likely N-dealkylation sites (N-methyl/N-ethyl adjacent to an activating group) is 1. The fourth-order valence-corrected chi connectivity index (χ4v) is 1.56. The number of carboxylic acids is 1. The van der Waals surface area contributed by atoms with Crippen molar-refractivity contribution in [2.24, 2.45) is 0 Å². The summed E-state index contributed by atoms with van der Waals surface area (Å²) in [4.78, 5) is 31.6. The highest BCUT2D eigenvalue weighted by Crippen LogP contribution is 2.07. The zero-order valence-corrected chi connectivity index (χ0v) is 10.2. The maximum atomic E-state index is 11.9. The fourth-order valence-electron chi connectivity index (χ4n) is 1.56. The Bertz CT molecular complexity index is 578. The number of hydrogen-bond acceptors (Lipinski definition) is 4. The zero-order valence-electron chi connectivity index (χ0n) is 10.2. The van der Waals surface area contributed by atoms with Crippen molar-refractivity contribution in [3.05, 3.63) is 42.6 Å². The van der Waals surface area contributed by atoms with E-state index in [1.807, 2.05) is 0 Å². The Morgan fingerprint density at radius 2 is 2.21 bits per heavy atom. The Balaban J connectivity index is 2.14. The summed E-state index contributed by atoms with van der Waals surface area (Å²) in [5.74, 6) is -0.805. The molecule has 2 aromatic heterocycles. The van der Waals surface area contributed by atoms with Gasteiger partial charge in [-0.15, -0.1) is 0 Å². The predicted octanol–water partition coefficient (Wildman–Crippen LogP) is 0.424. The molecular formula is C12H12N4O3. The molecule has 0 saturated heterocycles. The molecule has 2 aromatic rings. The number of pyridine rings is 1. The van der Waals surface area contributed by atoms with Crippen molar-refractivity contribution in [1.82, 2.24) is 19.4 Å². The van der Waals surface area contributed by atoms with Crippen molar-refractivity contribution >= 4 is 11.9 Å². The molecule has 0 aliphatic carbocycles. The molecule has 0 saturated carbocycles. The van der Waals surface area contributed by atoms with Crippen LogP contribution in [0.3, 0.4) is 0 Å². The monoisotopic (exact) mass is 260 g/mol. The second-order valence-electron chi connectivity index (χ2n) is 3.93. The molecule has 0 unspecified atom stereocenters. The van der Waals surface area contributed by atoms with Crippen molar-refractivity contribution in [2.75, 3.05) is 13.6 Å². The van der Waals surface area contributed by atoms with Crippen LogP contribution in [-0.4, -0.2) is 50.0 Å². The summed E-state index contributed by atoms with van der Waals surface area (Å²) in [5.41, 5.74) is 0.340. The van der Waals surface area contributed by atoms with Gasteiger partial charge in [-0.3, -0.25) is 14.2 Å². The fraction of sp³-hybridized carbons (Fsp3) is 0.167. The summed E-state index contributed by atoms with van der Waals surface area (Å²) in [6.45, 7) is -0.345. The van der Waals surface area contributed by atoms with Crippen molar-refractivity contribution in [3.63, 3.8) is 0 Å². The molecule has 2 rings (SSSR count). The average Bonchev–Trinajstić information content (AvgIpc) is 2.91. The van der Waals surface area contributed by atoms with Crippen LogP contribution in [-0.2, 0) is 4.79 Å². The van der Waals surface area contributed by atoms with E-state index in [4.69, 9.17) is 5.11 Å². The summed E-state index contributed by atoms with van der Waals surface area (Å²) in [6.07, 6.45) is 6.37. The highest BCUT2D eigenvalue weighted by molar-refractivity contribution is 5.95. The van der Waals surface area contributed by atoms with Crippen molar-refractivity contribution in [1.29, 1.82) is 0 Å². The Kier molecular flexibility index (Phi) is 3.56. The Hall–Kier alpha value is -2.70. The van der Waals surface area contributed by atoms with E-state index in [9.17, 15) is 9.59 Å². The lowest BCUT2D eigenvalue weighted by atomic mass is 10.2. The first kappa shape index (κ1) is 12.7. The summed E-state index contributed by atoms with van der Waals surface area (Å²) < 4.78 is 1.70. The number of amides is 1. The number of rotatable bonds is 4. The molecule has 98 valence electrons. The SMILES string of the molecule is CN(CC(=O)O)C(=O)c1ccc(-n2ccnc2)nc1. The molecule has 0 aliphatic heterocycles. The van der Waals surface area contributed by atoms with E-state index in [0.29, 0.717) is 11.4 Å². The van der Waals surface area contributed by atoms with Crippen LogP contribution >= 0.6 is 0 Å². The van der Waals surface area contributed by atoms with Crippen molar-refractivity contribution < 1.29 is 14.7 Å². The smallest absolute Gasteiger partial charge is 0.323 e. The Morgan fingerprint density at radius 1 is 1.42 bits per heavy atom.